The molecule has 0 fully saturated rings. The lowest BCUT2D eigenvalue weighted by Gasteiger charge is -2.34. The Morgan fingerprint density at radius 3 is 1.57 bits per heavy atom. The van der Waals surface area contributed by atoms with Crippen molar-refractivity contribution < 1.29 is 0 Å². The van der Waals surface area contributed by atoms with Crippen LogP contribution in [0.25, 0.3) is 71.6 Å². The van der Waals surface area contributed by atoms with Crippen LogP contribution in [0.5, 0.6) is 0 Å². The molecule has 0 saturated carbocycles. The number of nitrogens with zero attached hydrogens (tertiary/aromatic N) is 2. The van der Waals surface area contributed by atoms with Crippen LogP contribution >= 0.6 is 0 Å². The largest absolute Gasteiger partial charge is 0.310 e. The molecule has 0 aliphatic heterocycles. The Morgan fingerprint density at radius 2 is 0.836 bits per heavy atom. The maximum Gasteiger partial charge on any atom is 0.0714 e. The van der Waals surface area contributed by atoms with Crippen molar-refractivity contribution in [2.75, 3.05) is 4.90 Å². The third-order valence-corrected chi connectivity index (χ3v) is 14.1. The Hall–Kier alpha value is -8.72. The summed E-state index contributed by atoms with van der Waals surface area (Å²) < 4.78 is 2.46. The summed E-state index contributed by atoms with van der Waals surface area (Å²) in [5, 5.41) is 4.93. The van der Waals surface area contributed by atoms with E-state index in [-0.39, 0.29) is 0 Å². The molecule has 0 atom stereocenters. The molecule has 0 amide bonds. The molecule has 1 aliphatic carbocycles. The van der Waals surface area contributed by atoms with Crippen molar-refractivity contribution in [2.24, 2.45) is 0 Å². The number of para-hydroxylation sites is 2. The fourth-order valence-electron chi connectivity index (χ4n) is 11.1. The summed E-state index contributed by atoms with van der Waals surface area (Å²) in [6, 6.07) is 97.9. The third-order valence-electron chi connectivity index (χ3n) is 14.1. The topological polar surface area (TPSA) is 8.17 Å². The first-order chi connectivity index (χ1) is 33.2. The molecule has 13 rings (SSSR count). The maximum absolute atomic E-state index is 2.46. The van der Waals surface area contributed by atoms with E-state index in [1.54, 1.807) is 0 Å². The fourth-order valence-corrected chi connectivity index (χ4v) is 11.1. The number of aromatic nitrogens is 1. The van der Waals surface area contributed by atoms with Gasteiger partial charge in [-0.25, -0.2) is 0 Å². The molecular weight excluding hydrogens is 809 g/mol. The van der Waals surface area contributed by atoms with Crippen LogP contribution < -0.4 is 4.90 Å². The number of anilines is 3. The fraction of sp³-hybridized carbons (Fsp3) is 0.0154. The van der Waals surface area contributed by atoms with Gasteiger partial charge in [-0.1, -0.05) is 206 Å². The molecule has 67 heavy (non-hydrogen) atoms. The monoisotopic (exact) mass is 852 g/mol. The Morgan fingerprint density at radius 1 is 0.313 bits per heavy atom. The molecular formula is C65H44N2. The molecule has 1 heterocycles. The molecule has 0 unspecified atom stereocenters. The highest BCUT2D eigenvalue weighted by atomic mass is 15.1. The van der Waals surface area contributed by atoms with E-state index >= 15 is 0 Å². The standard InChI is InChI=1S/C65H44N2/c1-4-19-50(20-5-1)65(51-21-6-2-7-22-51)60-28-14-12-26-56(60)57-41-40-54(44-61(57)65)67-63-29-15-13-27-58(63)59-43-49(37-42-64(59)67)47-33-31-45(32-34-47)46-35-38-53(39-36-46)66(52-23-8-3-9-24-52)62-30-16-18-48-17-10-11-25-55(48)62/h1-44H. The Bertz CT molecular complexity index is 3730. The zero-order valence-corrected chi connectivity index (χ0v) is 36.8. The summed E-state index contributed by atoms with van der Waals surface area (Å²) in [5.41, 5.74) is 19.0. The van der Waals surface area contributed by atoms with Gasteiger partial charge in [0, 0.05) is 33.2 Å². The summed E-state index contributed by atoms with van der Waals surface area (Å²) in [7, 11) is 0. The van der Waals surface area contributed by atoms with Crippen molar-refractivity contribution in [3.05, 3.63) is 289 Å². The summed E-state index contributed by atoms with van der Waals surface area (Å²) in [6.07, 6.45) is 0. The van der Waals surface area contributed by atoms with Crippen LogP contribution in [0.15, 0.2) is 267 Å². The minimum atomic E-state index is -0.468. The second-order valence-electron chi connectivity index (χ2n) is 17.6. The van der Waals surface area contributed by atoms with Gasteiger partial charge in [-0.2, -0.15) is 0 Å². The summed E-state index contributed by atoms with van der Waals surface area (Å²) >= 11 is 0. The highest BCUT2D eigenvalue weighted by Gasteiger charge is 2.46. The maximum atomic E-state index is 2.46. The smallest absolute Gasteiger partial charge is 0.0714 e. The summed E-state index contributed by atoms with van der Waals surface area (Å²) in [6.45, 7) is 0. The number of rotatable bonds is 8. The van der Waals surface area contributed by atoms with Crippen LogP contribution in [0.2, 0.25) is 0 Å². The zero-order valence-electron chi connectivity index (χ0n) is 36.8. The predicted octanol–water partition coefficient (Wildman–Crippen LogP) is 17.1. The number of fused-ring (bicyclic) bond motifs is 7. The number of hydrogen-bond donors (Lipinski definition) is 0. The minimum absolute atomic E-state index is 0.468. The van der Waals surface area contributed by atoms with Crippen LogP contribution in [-0.2, 0) is 5.41 Å². The second-order valence-corrected chi connectivity index (χ2v) is 17.6. The van der Waals surface area contributed by atoms with Crippen molar-refractivity contribution in [2.45, 2.75) is 5.41 Å². The van der Waals surface area contributed by atoms with Crippen molar-refractivity contribution in [1.82, 2.24) is 4.57 Å². The lowest BCUT2D eigenvalue weighted by Crippen LogP contribution is -2.28. The third kappa shape index (κ3) is 6.18. The molecule has 0 N–H and O–H groups in total. The van der Waals surface area contributed by atoms with Crippen molar-refractivity contribution >= 4 is 49.6 Å². The van der Waals surface area contributed by atoms with E-state index in [0.717, 1.165) is 22.7 Å². The van der Waals surface area contributed by atoms with Gasteiger partial charge in [0.05, 0.1) is 22.1 Å². The molecule has 0 bridgehead atoms. The normalized spacial score (nSPS) is 12.6. The van der Waals surface area contributed by atoms with E-state index < -0.39 is 5.41 Å². The van der Waals surface area contributed by atoms with Gasteiger partial charge < -0.3 is 9.47 Å². The molecule has 1 aromatic heterocycles. The van der Waals surface area contributed by atoms with E-state index in [9.17, 15) is 0 Å². The van der Waals surface area contributed by atoms with Gasteiger partial charge in [0.1, 0.15) is 0 Å². The van der Waals surface area contributed by atoms with Crippen LogP contribution in [-0.4, -0.2) is 4.57 Å². The molecule has 314 valence electrons. The first-order valence-electron chi connectivity index (χ1n) is 23.2. The van der Waals surface area contributed by atoms with E-state index in [1.807, 2.05) is 0 Å². The van der Waals surface area contributed by atoms with Crippen LogP contribution in [0.3, 0.4) is 0 Å². The van der Waals surface area contributed by atoms with Gasteiger partial charge in [0.2, 0.25) is 0 Å². The molecule has 0 saturated heterocycles. The van der Waals surface area contributed by atoms with E-state index in [4.69, 9.17) is 0 Å². The second kappa shape index (κ2) is 15.8. The van der Waals surface area contributed by atoms with Crippen LogP contribution in [0, 0.1) is 0 Å². The Balaban J connectivity index is 0.871. The van der Waals surface area contributed by atoms with Gasteiger partial charge in [0.25, 0.3) is 0 Å². The Labute approximate surface area is 390 Å². The first-order valence-corrected chi connectivity index (χ1v) is 23.2. The molecule has 1 aliphatic rings. The van der Waals surface area contributed by atoms with E-state index in [0.29, 0.717) is 0 Å². The highest BCUT2D eigenvalue weighted by Crippen LogP contribution is 2.56. The van der Waals surface area contributed by atoms with Gasteiger partial charge in [0.15, 0.2) is 0 Å². The van der Waals surface area contributed by atoms with Crippen molar-refractivity contribution in [1.29, 1.82) is 0 Å². The van der Waals surface area contributed by atoms with Gasteiger partial charge in [-0.15, -0.1) is 0 Å². The van der Waals surface area contributed by atoms with Crippen molar-refractivity contribution in [3.63, 3.8) is 0 Å². The van der Waals surface area contributed by atoms with Crippen LogP contribution in [0.1, 0.15) is 22.3 Å². The van der Waals surface area contributed by atoms with E-state index in [1.165, 1.54) is 88.2 Å². The predicted molar refractivity (Wildman–Crippen MR) is 281 cm³/mol. The Kier molecular flexibility index (Phi) is 9.11. The molecule has 11 aromatic carbocycles. The van der Waals surface area contributed by atoms with Crippen LogP contribution in [0.4, 0.5) is 17.1 Å². The lowest BCUT2D eigenvalue weighted by atomic mass is 9.67. The highest BCUT2D eigenvalue weighted by molar-refractivity contribution is 6.10. The molecule has 12 aromatic rings. The average Bonchev–Trinajstić information content (AvgIpc) is 3.90. The minimum Gasteiger partial charge on any atom is -0.310 e. The lowest BCUT2D eigenvalue weighted by molar-refractivity contribution is 0.767. The van der Waals surface area contributed by atoms with Gasteiger partial charge in [-0.3, -0.25) is 0 Å². The quantitative estimate of drug-likeness (QED) is 0.148. The van der Waals surface area contributed by atoms with Gasteiger partial charge in [-0.05, 0) is 122 Å². The average molecular weight is 853 g/mol. The van der Waals surface area contributed by atoms with E-state index in [2.05, 4.69) is 276 Å². The first kappa shape index (κ1) is 38.7. The number of hydrogen-bond acceptors (Lipinski definition) is 1. The summed E-state index contributed by atoms with van der Waals surface area (Å²) in [5.74, 6) is 0. The molecule has 2 heteroatoms. The summed E-state index contributed by atoms with van der Waals surface area (Å²) in [4.78, 5) is 2.36. The zero-order chi connectivity index (χ0) is 44.3. The molecule has 0 radical (unpaired) electrons. The van der Waals surface area contributed by atoms with Crippen molar-refractivity contribution in [3.8, 4) is 39.1 Å². The van der Waals surface area contributed by atoms with Gasteiger partial charge >= 0.3 is 0 Å². The number of benzene rings is 11. The molecule has 2 nitrogen and oxygen atoms in total. The molecule has 0 spiro atoms. The SMILES string of the molecule is c1ccc(N(c2ccc(-c3ccc(-c4ccc5c(c4)c4ccccc4n5-c4ccc5c(c4)C(c4ccccc4)(c4ccccc4)c4ccccc4-5)cc3)cc2)c2cccc3ccccc23)cc1.